The third-order valence-corrected chi connectivity index (χ3v) is 3.14. The summed E-state index contributed by atoms with van der Waals surface area (Å²) in [7, 11) is 0. The second-order valence-corrected chi connectivity index (χ2v) is 4.47. The monoisotopic (exact) mass is 252 g/mol. The number of carboxylic acid groups (broad SMARTS) is 1. The first-order chi connectivity index (χ1) is 8.47. The second-order valence-electron chi connectivity index (χ2n) is 4.47. The minimum atomic E-state index is -1.41. The number of hydrogen-bond donors (Lipinski definition) is 2. The van der Waals surface area contributed by atoms with Gasteiger partial charge in [0.1, 0.15) is 0 Å². The van der Waals surface area contributed by atoms with Crippen molar-refractivity contribution in [2.75, 3.05) is 0 Å². The molecule has 100 valence electrons. The van der Waals surface area contributed by atoms with E-state index in [-0.39, 0.29) is 11.5 Å². The highest BCUT2D eigenvalue weighted by Gasteiger charge is 2.15. The standard InChI is InChI=1S/C14H20O4/c1-4-5-6-7-11-10(3)9(2)8-12(13(11)15)18-14(16)17/h8,15H,4-7H2,1-3H3,(H,16,17). The van der Waals surface area contributed by atoms with E-state index in [1.165, 1.54) is 0 Å². The number of aromatic hydroxyl groups is 1. The van der Waals surface area contributed by atoms with E-state index in [0.717, 1.165) is 42.4 Å². The third kappa shape index (κ3) is 3.39. The highest BCUT2D eigenvalue weighted by atomic mass is 16.7. The molecule has 0 fully saturated rings. The molecule has 0 spiro atoms. The molecule has 0 bridgehead atoms. The molecule has 0 unspecified atom stereocenters. The van der Waals surface area contributed by atoms with Crippen molar-refractivity contribution in [3.63, 3.8) is 0 Å². The number of benzene rings is 1. The van der Waals surface area contributed by atoms with Gasteiger partial charge in [-0.25, -0.2) is 4.79 Å². The molecule has 4 heteroatoms. The van der Waals surface area contributed by atoms with Crippen LogP contribution in [0.15, 0.2) is 6.07 Å². The molecular weight excluding hydrogens is 232 g/mol. The number of carbonyl (C=O) groups is 1. The maximum Gasteiger partial charge on any atom is 0.511 e. The second kappa shape index (κ2) is 6.28. The lowest BCUT2D eigenvalue weighted by Crippen LogP contribution is -2.05. The molecule has 0 aliphatic rings. The normalized spacial score (nSPS) is 10.4. The minimum absolute atomic E-state index is 0.0251. The average Bonchev–Trinajstić information content (AvgIpc) is 2.30. The number of unbranched alkanes of at least 4 members (excludes halogenated alkanes) is 2. The topological polar surface area (TPSA) is 66.8 Å². The van der Waals surface area contributed by atoms with Crippen LogP contribution in [0.4, 0.5) is 4.79 Å². The largest absolute Gasteiger partial charge is 0.511 e. The molecule has 0 amide bonds. The van der Waals surface area contributed by atoms with E-state index >= 15 is 0 Å². The Bertz CT molecular complexity index is 438. The SMILES string of the molecule is CCCCCc1c(C)c(C)cc(OC(=O)O)c1O. The zero-order valence-electron chi connectivity index (χ0n) is 11.1. The van der Waals surface area contributed by atoms with Crippen molar-refractivity contribution in [2.45, 2.75) is 46.5 Å². The van der Waals surface area contributed by atoms with Gasteiger partial charge < -0.3 is 14.9 Å². The Morgan fingerprint density at radius 3 is 2.56 bits per heavy atom. The summed E-state index contributed by atoms with van der Waals surface area (Å²) in [6.07, 6.45) is 2.49. The third-order valence-electron chi connectivity index (χ3n) is 3.14. The van der Waals surface area contributed by atoms with E-state index < -0.39 is 6.16 Å². The molecule has 2 N–H and O–H groups in total. The van der Waals surface area contributed by atoms with Crippen LogP contribution in [0.3, 0.4) is 0 Å². The molecule has 0 radical (unpaired) electrons. The van der Waals surface area contributed by atoms with Crippen LogP contribution in [0.2, 0.25) is 0 Å². The van der Waals surface area contributed by atoms with Gasteiger partial charge in [0.05, 0.1) is 0 Å². The average molecular weight is 252 g/mol. The number of hydrogen-bond acceptors (Lipinski definition) is 3. The van der Waals surface area contributed by atoms with Crippen molar-refractivity contribution in [1.29, 1.82) is 0 Å². The lowest BCUT2D eigenvalue weighted by atomic mass is 9.97. The summed E-state index contributed by atoms with van der Waals surface area (Å²) in [5.74, 6) is -0.0197. The first kappa shape index (κ1) is 14.4. The van der Waals surface area contributed by atoms with Crippen LogP contribution in [0.5, 0.6) is 11.5 Å². The maximum atomic E-state index is 10.6. The lowest BCUT2D eigenvalue weighted by molar-refractivity contribution is 0.142. The van der Waals surface area contributed by atoms with Crippen LogP contribution in [-0.2, 0) is 6.42 Å². The van der Waals surface area contributed by atoms with Crippen molar-refractivity contribution in [3.8, 4) is 11.5 Å². The molecule has 18 heavy (non-hydrogen) atoms. The quantitative estimate of drug-likeness (QED) is 0.475. The van der Waals surface area contributed by atoms with Crippen LogP contribution in [0.25, 0.3) is 0 Å². The van der Waals surface area contributed by atoms with Gasteiger partial charge in [-0.05, 0) is 43.9 Å². The molecule has 0 saturated carbocycles. The van der Waals surface area contributed by atoms with Gasteiger partial charge in [0.15, 0.2) is 11.5 Å². The van der Waals surface area contributed by atoms with Crippen LogP contribution in [0, 0.1) is 13.8 Å². The fourth-order valence-corrected chi connectivity index (χ4v) is 1.97. The van der Waals surface area contributed by atoms with Gasteiger partial charge in [-0.1, -0.05) is 19.8 Å². The van der Waals surface area contributed by atoms with E-state index in [9.17, 15) is 9.90 Å². The summed E-state index contributed by atoms with van der Waals surface area (Å²) in [5.41, 5.74) is 2.72. The molecule has 1 aromatic carbocycles. The van der Waals surface area contributed by atoms with Gasteiger partial charge in [0.2, 0.25) is 0 Å². The smallest absolute Gasteiger partial charge is 0.504 e. The van der Waals surface area contributed by atoms with Gasteiger partial charge in [0, 0.05) is 5.56 Å². The molecule has 4 nitrogen and oxygen atoms in total. The zero-order chi connectivity index (χ0) is 13.7. The molecule has 0 aromatic heterocycles. The van der Waals surface area contributed by atoms with Crippen molar-refractivity contribution < 1.29 is 19.7 Å². The van der Waals surface area contributed by atoms with E-state index in [1.807, 2.05) is 13.8 Å². The molecule has 0 atom stereocenters. The molecule has 0 aliphatic carbocycles. The Kier molecular flexibility index (Phi) is 5.01. The Morgan fingerprint density at radius 2 is 2.00 bits per heavy atom. The van der Waals surface area contributed by atoms with Crippen molar-refractivity contribution >= 4 is 6.16 Å². The van der Waals surface area contributed by atoms with Gasteiger partial charge in [-0.15, -0.1) is 0 Å². The van der Waals surface area contributed by atoms with Crippen LogP contribution >= 0.6 is 0 Å². The van der Waals surface area contributed by atoms with Crippen LogP contribution in [-0.4, -0.2) is 16.4 Å². The van der Waals surface area contributed by atoms with Gasteiger partial charge in [0.25, 0.3) is 0 Å². The molecule has 0 heterocycles. The number of ether oxygens (including phenoxy) is 1. The molecule has 1 rings (SSSR count). The number of phenols is 1. The predicted octanol–water partition coefficient (Wildman–Crippen LogP) is 3.80. The predicted molar refractivity (Wildman–Crippen MR) is 69.5 cm³/mol. The zero-order valence-corrected chi connectivity index (χ0v) is 11.1. The van der Waals surface area contributed by atoms with E-state index in [1.54, 1.807) is 6.07 Å². The summed E-state index contributed by atoms with van der Waals surface area (Å²) in [4.78, 5) is 10.6. The highest BCUT2D eigenvalue weighted by Crippen LogP contribution is 2.35. The maximum absolute atomic E-state index is 10.6. The number of phenolic OH excluding ortho intramolecular Hbond substituents is 1. The van der Waals surface area contributed by atoms with E-state index in [2.05, 4.69) is 11.7 Å². The van der Waals surface area contributed by atoms with Gasteiger partial charge in [-0.3, -0.25) is 0 Å². The van der Waals surface area contributed by atoms with E-state index in [4.69, 9.17) is 5.11 Å². The molecular formula is C14H20O4. The molecule has 0 saturated heterocycles. The summed E-state index contributed by atoms with van der Waals surface area (Å²) in [5, 5.41) is 18.7. The number of rotatable bonds is 5. The summed E-state index contributed by atoms with van der Waals surface area (Å²) in [6, 6.07) is 1.56. The summed E-state index contributed by atoms with van der Waals surface area (Å²) < 4.78 is 4.59. The Balaban J connectivity index is 3.06. The van der Waals surface area contributed by atoms with Gasteiger partial charge >= 0.3 is 6.16 Å². The molecule has 1 aromatic rings. The first-order valence-corrected chi connectivity index (χ1v) is 6.20. The fourth-order valence-electron chi connectivity index (χ4n) is 1.97. The van der Waals surface area contributed by atoms with Crippen LogP contribution in [0.1, 0.15) is 42.9 Å². The molecule has 0 aliphatic heterocycles. The summed E-state index contributed by atoms with van der Waals surface area (Å²) >= 11 is 0. The fraction of sp³-hybridized carbons (Fsp3) is 0.500. The van der Waals surface area contributed by atoms with E-state index in [0.29, 0.717) is 0 Å². The number of aryl methyl sites for hydroxylation is 1. The Labute approximate surface area is 107 Å². The highest BCUT2D eigenvalue weighted by molar-refractivity contribution is 5.65. The van der Waals surface area contributed by atoms with Crippen LogP contribution < -0.4 is 4.74 Å². The van der Waals surface area contributed by atoms with Crippen molar-refractivity contribution in [2.24, 2.45) is 0 Å². The van der Waals surface area contributed by atoms with Gasteiger partial charge in [-0.2, -0.15) is 0 Å². The first-order valence-electron chi connectivity index (χ1n) is 6.20. The Morgan fingerprint density at radius 1 is 1.33 bits per heavy atom. The van der Waals surface area contributed by atoms with Crippen molar-refractivity contribution in [3.05, 3.63) is 22.8 Å². The minimum Gasteiger partial charge on any atom is -0.504 e. The lowest BCUT2D eigenvalue weighted by Gasteiger charge is -2.14. The summed E-state index contributed by atoms with van der Waals surface area (Å²) in [6.45, 7) is 5.93. The van der Waals surface area contributed by atoms with Crippen molar-refractivity contribution in [1.82, 2.24) is 0 Å². The Hall–Kier alpha value is -1.71.